The maximum absolute atomic E-state index is 11.4. The van der Waals surface area contributed by atoms with Crippen LogP contribution in [0.25, 0.3) is 0 Å². The Morgan fingerprint density at radius 2 is 2.11 bits per heavy atom. The number of aryl methyl sites for hydroxylation is 1. The average Bonchev–Trinajstić information content (AvgIpc) is 2.37. The summed E-state index contributed by atoms with van der Waals surface area (Å²) in [7, 11) is 0. The molecule has 0 aromatic heterocycles. The highest BCUT2D eigenvalue weighted by Crippen LogP contribution is 2.15. The maximum Gasteiger partial charge on any atom is 0.244 e. The summed E-state index contributed by atoms with van der Waals surface area (Å²) in [5.74, 6) is -0.208. The summed E-state index contributed by atoms with van der Waals surface area (Å²) in [5, 5.41) is 12.6. The molecule has 0 saturated heterocycles. The van der Waals surface area contributed by atoms with Crippen LogP contribution < -0.4 is 5.32 Å². The fraction of sp³-hybridized carbons (Fsp3) is 0.267. The number of hydrogen-bond acceptors (Lipinski definition) is 2. The number of nitrogens with one attached hydrogen (secondary N) is 1. The molecule has 0 fully saturated rings. The number of amides is 1. The highest BCUT2D eigenvalue weighted by Gasteiger charge is 2.09. The topological polar surface area (TPSA) is 49.3 Å². The second-order valence-electron chi connectivity index (χ2n) is 4.00. The molecule has 1 rings (SSSR count). The van der Waals surface area contributed by atoms with Crippen molar-refractivity contribution in [2.24, 2.45) is 0 Å². The number of aliphatic hydroxyl groups excluding tert-OH is 1. The van der Waals surface area contributed by atoms with Crippen molar-refractivity contribution in [3.8, 4) is 0 Å². The predicted octanol–water partition coefficient (Wildman–Crippen LogP) is 2.28. The summed E-state index contributed by atoms with van der Waals surface area (Å²) in [6.45, 7) is 4.03. The number of hydrogen-bond donors (Lipinski definition) is 2. The Hall–Kier alpha value is -1.87. The van der Waals surface area contributed by atoms with Gasteiger partial charge in [0, 0.05) is 12.6 Å². The van der Waals surface area contributed by atoms with E-state index in [1.165, 1.54) is 6.08 Å². The Labute approximate surface area is 108 Å². The van der Waals surface area contributed by atoms with Crippen molar-refractivity contribution < 1.29 is 9.90 Å². The maximum atomic E-state index is 11.4. The van der Waals surface area contributed by atoms with Gasteiger partial charge in [-0.15, -0.1) is 0 Å². The third-order valence-corrected chi connectivity index (χ3v) is 2.57. The van der Waals surface area contributed by atoms with Crippen LogP contribution in [0.15, 0.2) is 48.6 Å². The van der Waals surface area contributed by atoms with Gasteiger partial charge in [0.25, 0.3) is 0 Å². The van der Waals surface area contributed by atoms with Gasteiger partial charge in [0.2, 0.25) is 5.91 Å². The zero-order chi connectivity index (χ0) is 13.4. The van der Waals surface area contributed by atoms with E-state index in [-0.39, 0.29) is 12.5 Å². The molecule has 3 nitrogen and oxygen atoms in total. The van der Waals surface area contributed by atoms with Gasteiger partial charge in [-0.2, -0.15) is 0 Å². The van der Waals surface area contributed by atoms with Crippen molar-refractivity contribution in [3.05, 3.63) is 59.7 Å². The first-order valence-corrected chi connectivity index (χ1v) is 5.96. The Morgan fingerprint density at radius 3 is 2.78 bits per heavy atom. The van der Waals surface area contributed by atoms with Gasteiger partial charge in [-0.1, -0.05) is 42.5 Å². The van der Waals surface area contributed by atoms with E-state index >= 15 is 0 Å². The molecule has 0 radical (unpaired) electrons. The van der Waals surface area contributed by atoms with E-state index in [0.29, 0.717) is 0 Å². The van der Waals surface area contributed by atoms with Crippen molar-refractivity contribution in [1.29, 1.82) is 0 Å². The van der Waals surface area contributed by atoms with Crippen LogP contribution >= 0.6 is 0 Å². The van der Waals surface area contributed by atoms with E-state index in [1.807, 2.05) is 44.2 Å². The molecule has 0 saturated carbocycles. The lowest BCUT2D eigenvalue weighted by Crippen LogP contribution is -2.26. The Balaban J connectivity index is 2.49. The first-order valence-electron chi connectivity index (χ1n) is 5.96. The minimum atomic E-state index is -0.676. The molecule has 18 heavy (non-hydrogen) atoms. The minimum Gasteiger partial charge on any atom is -0.387 e. The van der Waals surface area contributed by atoms with E-state index in [9.17, 15) is 9.90 Å². The monoisotopic (exact) mass is 245 g/mol. The summed E-state index contributed by atoms with van der Waals surface area (Å²) in [6, 6.07) is 7.59. The van der Waals surface area contributed by atoms with Crippen molar-refractivity contribution in [2.75, 3.05) is 6.54 Å². The van der Waals surface area contributed by atoms with Crippen LogP contribution in [0.3, 0.4) is 0 Å². The number of rotatable bonds is 5. The third-order valence-electron chi connectivity index (χ3n) is 2.57. The van der Waals surface area contributed by atoms with Crippen molar-refractivity contribution >= 4 is 5.91 Å². The van der Waals surface area contributed by atoms with Gasteiger partial charge in [0.15, 0.2) is 0 Å². The second-order valence-corrected chi connectivity index (χ2v) is 4.00. The Kier molecular flexibility index (Phi) is 5.88. The van der Waals surface area contributed by atoms with Crippen LogP contribution in [-0.2, 0) is 4.79 Å². The molecule has 0 spiro atoms. The molecule has 0 aliphatic heterocycles. The fourth-order valence-corrected chi connectivity index (χ4v) is 1.58. The molecule has 1 aromatic carbocycles. The molecule has 1 aromatic rings. The standard InChI is InChI=1S/C15H19NO2/c1-3-4-5-10-15(18)16-11-14(17)13-9-7-6-8-12(13)2/h3-10,14,17H,11H2,1-2H3,(H,16,18). The quantitative estimate of drug-likeness (QED) is 0.617. The van der Waals surface area contributed by atoms with Gasteiger partial charge in [-0.3, -0.25) is 4.79 Å². The fourth-order valence-electron chi connectivity index (χ4n) is 1.58. The number of aliphatic hydroxyl groups is 1. The smallest absolute Gasteiger partial charge is 0.244 e. The summed E-state index contributed by atoms with van der Waals surface area (Å²) in [4.78, 5) is 11.4. The molecule has 3 heteroatoms. The van der Waals surface area contributed by atoms with Crippen LogP contribution in [0.4, 0.5) is 0 Å². The van der Waals surface area contributed by atoms with Gasteiger partial charge < -0.3 is 10.4 Å². The van der Waals surface area contributed by atoms with E-state index in [1.54, 1.807) is 12.2 Å². The van der Waals surface area contributed by atoms with E-state index in [0.717, 1.165) is 11.1 Å². The highest BCUT2D eigenvalue weighted by molar-refractivity contribution is 5.87. The predicted molar refractivity (Wildman–Crippen MR) is 73.1 cm³/mol. The van der Waals surface area contributed by atoms with Crippen molar-refractivity contribution in [1.82, 2.24) is 5.32 Å². The normalized spacial score (nSPS) is 13.1. The molecule has 1 unspecified atom stereocenters. The lowest BCUT2D eigenvalue weighted by atomic mass is 10.0. The number of allylic oxidation sites excluding steroid dienone is 3. The lowest BCUT2D eigenvalue weighted by Gasteiger charge is -2.13. The Morgan fingerprint density at radius 1 is 1.39 bits per heavy atom. The van der Waals surface area contributed by atoms with Crippen LogP contribution in [0.1, 0.15) is 24.2 Å². The summed E-state index contributed by atoms with van der Waals surface area (Å²) < 4.78 is 0. The molecule has 96 valence electrons. The zero-order valence-electron chi connectivity index (χ0n) is 10.8. The first kappa shape index (κ1) is 14.2. The molecular formula is C15H19NO2. The van der Waals surface area contributed by atoms with Gasteiger partial charge >= 0.3 is 0 Å². The van der Waals surface area contributed by atoms with Crippen LogP contribution in [0.5, 0.6) is 0 Å². The van der Waals surface area contributed by atoms with Gasteiger partial charge in [0.1, 0.15) is 0 Å². The van der Waals surface area contributed by atoms with E-state index in [4.69, 9.17) is 0 Å². The van der Waals surface area contributed by atoms with Crippen molar-refractivity contribution in [2.45, 2.75) is 20.0 Å². The second kappa shape index (κ2) is 7.45. The molecule has 1 atom stereocenters. The van der Waals surface area contributed by atoms with E-state index < -0.39 is 6.10 Å². The molecule has 0 aliphatic carbocycles. The molecule has 0 bridgehead atoms. The third kappa shape index (κ3) is 4.55. The number of benzene rings is 1. The SMILES string of the molecule is CC=CC=CC(=O)NCC(O)c1ccccc1C. The van der Waals surface area contributed by atoms with E-state index in [2.05, 4.69) is 5.32 Å². The molecule has 0 aliphatic rings. The average molecular weight is 245 g/mol. The zero-order valence-corrected chi connectivity index (χ0v) is 10.8. The first-order chi connectivity index (χ1) is 8.65. The highest BCUT2D eigenvalue weighted by atomic mass is 16.3. The summed E-state index contributed by atoms with van der Waals surface area (Å²) in [6.07, 6.45) is 6.04. The van der Waals surface area contributed by atoms with Crippen LogP contribution in [0.2, 0.25) is 0 Å². The molecule has 0 heterocycles. The Bertz CT molecular complexity index is 450. The lowest BCUT2D eigenvalue weighted by molar-refractivity contribution is -0.116. The molecule has 1 amide bonds. The number of carbonyl (C=O) groups is 1. The molecule has 2 N–H and O–H groups in total. The summed E-state index contributed by atoms with van der Waals surface area (Å²) >= 11 is 0. The van der Waals surface area contributed by atoms with Gasteiger partial charge in [-0.05, 0) is 25.0 Å². The van der Waals surface area contributed by atoms with Gasteiger partial charge in [0.05, 0.1) is 6.10 Å². The minimum absolute atomic E-state index is 0.208. The van der Waals surface area contributed by atoms with Crippen LogP contribution in [-0.4, -0.2) is 17.6 Å². The van der Waals surface area contributed by atoms with Crippen LogP contribution in [0, 0.1) is 6.92 Å². The molecular weight excluding hydrogens is 226 g/mol. The number of carbonyl (C=O) groups excluding carboxylic acids is 1. The summed E-state index contributed by atoms with van der Waals surface area (Å²) in [5.41, 5.74) is 1.86. The largest absolute Gasteiger partial charge is 0.387 e. The van der Waals surface area contributed by atoms with Gasteiger partial charge in [-0.25, -0.2) is 0 Å². The van der Waals surface area contributed by atoms with Crippen molar-refractivity contribution in [3.63, 3.8) is 0 Å².